The molecule has 2 aromatic rings. The van der Waals surface area contributed by atoms with Gasteiger partial charge >= 0.3 is 0 Å². The summed E-state index contributed by atoms with van der Waals surface area (Å²) in [5.74, 6) is -0.133. The van der Waals surface area contributed by atoms with Crippen LogP contribution in [0, 0.1) is 12.7 Å². The molecule has 106 valence electrons. The van der Waals surface area contributed by atoms with E-state index in [2.05, 4.69) is 5.32 Å². The zero-order chi connectivity index (χ0) is 14.5. The summed E-state index contributed by atoms with van der Waals surface area (Å²) in [5.41, 5.74) is 3.10. The van der Waals surface area contributed by atoms with Crippen LogP contribution in [-0.4, -0.2) is 10.2 Å². The van der Waals surface area contributed by atoms with Crippen LogP contribution in [0.2, 0.25) is 0 Å². The molecular weight excluding hydrogens is 257 g/mol. The minimum atomic E-state index is -0.396. The Labute approximate surface area is 117 Å². The minimum Gasteiger partial charge on any atom is -0.508 e. The predicted molar refractivity (Wildman–Crippen MR) is 75.7 cm³/mol. The smallest absolute Gasteiger partial charge is 0.128 e. The first kappa shape index (κ1) is 14.5. The van der Waals surface area contributed by atoms with Gasteiger partial charge in [0.05, 0.1) is 6.61 Å². The third kappa shape index (κ3) is 3.56. The minimum absolute atomic E-state index is 0.262. The molecule has 0 spiro atoms. The van der Waals surface area contributed by atoms with E-state index in [9.17, 15) is 9.50 Å². The number of aliphatic hydroxyl groups is 1. The molecule has 0 saturated heterocycles. The lowest BCUT2D eigenvalue weighted by atomic mass is 10.1. The molecule has 20 heavy (non-hydrogen) atoms. The summed E-state index contributed by atoms with van der Waals surface area (Å²) in [7, 11) is 0. The molecule has 4 heteroatoms. The van der Waals surface area contributed by atoms with Crippen molar-refractivity contribution in [3.05, 3.63) is 64.5 Å². The van der Waals surface area contributed by atoms with Crippen LogP contribution < -0.4 is 5.32 Å². The molecule has 0 atom stereocenters. The summed E-state index contributed by atoms with van der Waals surface area (Å²) in [6, 6.07) is 10.1. The van der Waals surface area contributed by atoms with E-state index in [0.717, 1.165) is 16.7 Å². The lowest BCUT2D eigenvalue weighted by molar-refractivity contribution is 0.275. The second kappa shape index (κ2) is 6.50. The number of hydrogen-bond donors (Lipinski definition) is 3. The van der Waals surface area contributed by atoms with Crippen molar-refractivity contribution in [3.63, 3.8) is 0 Å². The van der Waals surface area contributed by atoms with Gasteiger partial charge in [-0.2, -0.15) is 0 Å². The molecular formula is C16H18FNO2. The van der Waals surface area contributed by atoms with E-state index >= 15 is 0 Å². The molecule has 0 aromatic heterocycles. The fraction of sp³-hybridized carbons (Fsp3) is 0.250. The lowest BCUT2D eigenvalue weighted by Crippen LogP contribution is -2.13. The maximum Gasteiger partial charge on any atom is 0.128 e. The van der Waals surface area contributed by atoms with E-state index in [-0.39, 0.29) is 12.4 Å². The molecule has 0 aliphatic rings. The number of rotatable bonds is 5. The van der Waals surface area contributed by atoms with Crippen molar-refractivity contribution in [3.8, 4) is 5.75 Å². The van der Waals surface area contributed by atoms with Gasteiger partial charge in [-0.05, 0) is 30.7 Å². The first-order chi connectivity index (χ1) is 9.60. The number of phenolic OH excluding ortho intramolecular Hbond substituents is 1. The Balaban J connectivity index is 1.97. The molecule has 0 saturated carbocycles. The highest BCUT2D eigenvalue weighted by Crippen LogP contribution is 2.18. The Morgan fingerprint density at radius 2 is 1.85 bits per heavy atom. The molecule has 0 heterocycles. The second-order valence-electron chi connectivity index (χ2n) is 4.82. The predicted octanol–water partition coefficient (Wildman–Crippen LogP) is 2.62. The van der Waals surface area contributed by atoms with Crippen LogP contribution in [-0.2, 0) is 19.7 Å². The maximum absolute atomic E-state index is 13.2. The molecule has 0 amide bonds. The standard InChI is InChI=1S/C16H18FNO2/c1-11-2-5-16(20)13(6-11)9-18-8-12-3-4-15(17)14(7-12)10-19/h2-7,18-20H,8-10H2,1H3. The molecule has 0 radical (unpaired) electrons. The van der Waals surface area contributed by atoms with E-state index < -0.39 is 5.82 Å². The van der Waals surface area contributed by atoms with Gasteiger partial charge < -0.3 is 15.5 Å². The molecule has 0 aliphatic heterocycles. The monoisotopic (exact) mass is 275 g/mol. The lowest BCUT2D eigenvalue weighted by Gasteiger charge is -2.09. The summed E-state index contributed by atoms with van der Waals surface area (Å²) < 4.78 is 13.2. The maximum atomic E-state index is 13.2. The Hall–Kier alpha value is -1.91. The number of aromatic hydroxyl groups is 1. The number of nitrogens with one attached hydrogen (secondary N) is 1. The first-order valence-electron chi connectivity index (χ1n) is 6.47. The van der Waals surface area contributed by atoms with Gasteiger partial charge in [-0.1, -0.05) is 23.8 Å². The van der Waals surface area contributed by atoms with Crippen LogP contribution in [0.3, 0.4) is 0 Å². The SMILES string of the molecule is Cc1ccc(O)c(CNCc2ccc(F)c(CO)c2)c1. The normalized spacial score (nSPS) is 10.8. The molecule has 2 aromatic carbocycles. The van der Waals surface area contributed by atoms with Crippen LogP contribution in [0.25, 0.3) is 0 Å². The Morgan fingerprint density at radius 1 is 1.05 bits per heavy atom. The van der Waals surface area contributed by atoms with E-state index in [0.29, 0.717) is 18.7 Å². The summed E-state index contributed by atoms with van der Waals surface area (Å²) in [5, 5.41) is 21.9. The van der Waals surface area contributed by atoms with Crippen molar-refractivity contribution in [1.82, 2.24) is 5.32 Å². The number of phenols is 1. The van der Waals surface area contributed by atoms with Crippen LogP contribution >= 0.6 is 0 Å². The average Bonchev–Trinajstić information content (AvgIpc) is 2.44. The molecule has 3 nitrogen and oxygen atoms in total. The molecule has 3 N–H and O–H groups in total. The largest absolute Gasteiger partial charge is 0.508 e. The van der Waals surface area contributed by atoms with Crippen molar-refractivity contribution in [2.24, 2.45) is 0 Å². The zero-order valence-electron chi connectivity index (χ0n) is 11.4. The van der Waals surface area contributed by atoms with Crippen LogP contribution in [0.4, 0.5) is 4.39 Å². The molecule has 0 bridgehead atoms. The number of aliphatic hydroxyl groups excluding tert-OH is 1. The quantitative estimate of drug-likeness (QED) is 0.786. The van der Waals surface area contributed by atoms with E-state index in [1.807, 2.05) is 19.1 Å². The van der Waals surface area contributed by atoms with E-state index in [1.165, 1.54) is 6.07 Å². The Morgan fingerprint density at radius 3 is 2.60 bits per heavy atom. The molecule has 2 rings (SSSR count). The van der Waals surface area contributed by atoms with Crippen molar-refractivity contribution >= 4 is 0 Å². The summed E-state index contributed by atoms with van der Waals surface area (Å²) >= 11 is 0. The van der Waals surface area contributed by atoms with Gasteiger partial charge in [0.15, 0.2) is 0 Å². The number of halogens is 1. The van der Waals surface area contributed by atoms with Gasteiger partial charge in [-0.25, -0.2) is 4.39 Å². The van der Waals surface area contributed by atoms with Gasteiger partial charge in [0.25, 0.3) is 0 Å². The third-order valence-electron chi connectivity index (χ3n) is 3.16. The van der Waals surface area contributed by atoms with Gasteiger partial charge in [-0.15, -0.1) is 0 Å². The Kier molecular flexibility index (Phi) is 4.71. The first-order valence-corrected chi connectivity index (χ1v) is 6.47. The highest BCUT2D eigenvalue weighted by atomic mass is 19.1. The molecule has 0 aliphatic carbocycles. The number of hydrogen-bond acceptors (Lipinski definition) is 3. The van der Waals surface area contributed by atoms with Crippen molar-refractivity contribution in [2.75, 3.05) is 0 Å². The molecule has 0 fully saturated rings. The average molecular weight is 275 g/mol. The van der Waals surface area contributed by atoms with E-state index in [1.54, 1.807) is 18.2 Å². The summed E-state index contributed by atoms with van der Waals surface area (Å²) in [4.78, 5) is 0. The zero-order valence-corrected chi connectivity index (χ0v) is 11.4. The van der Waals surface area contributed by atoms with Crippen LogP contribution in [0.5, 0.6) is 5.75 Å². The topological polar surface area (TPSA) is 52.5 Å². The fourth-order valence-corrected chi connectivity index (χ4v) is 2.06. The van der Waals surface area contributed by atoms with Crippen molar-refractivity contribution < 1.29 is 14.6 Å². The van der Waals surface area contributed by atoms with Gasteiger partial charge in [0.1, 0.15) is 11.6 Å². The fourth-order valence-electron chi connectivity index (χ4n) is 2.06. The van der Waals surface area contributed by atoms with Crippen LogP contribution in [0.15, 0.2) is 36.4 Å². The highest BCUT2D eigenvalue weighted by Gasteiger charge is 2.04. The van der Waals surface area contributed by atoms with Gasteiger partial charge in [-0.3, -0.25) is 0 Å². The second-order valence-corrected chi connectivity index (χ2v) is 4.82. The molecule has 0 unspecified atom stereocenters. The van der Waals surface area contributed by atoms with Crippen molar-refractivity contribution in [1.29, 1.82) is 0 Å². The number of benzene rings is 2. The van der Waals surface area contributed by atoms with E-state index in [4.69, 9.17) is 5.11 Å². The van der Waals surface area contributed by atoms with Gasteiger partial charge in [0.2, 0.25) is 0 Å². The van der Waals surface area contributed by atoms with Gasteiger partial charge in [0, 0.05) is 24.2 Å². The van der Waals surface area contributed by atoms with Crippen LogP contribution in [0.1, 0.15) is 22.3 Å². The Bertz CT molecular complexity index is 599. The summed E-state index contributed by atoms with van der Waals surface area (Å²) in [6.45, 7) is 2.73. The highest BCUT2D eigenvalue weighted by molar-refractivity contribution is 5.35. The van der Waals surface area contributed by atoms with Crippen molar-refractivity contribution in [2.45, 2.75) is 26.6 Å². The summed E-state index contributed by atoms with van der Waals surface area (Å²) in [6.07, 6.45) is 0. The number of aryl methyl sites for hydroxylation is 1. The third-order valence-corrected chi connectivity index (χ3v) is 3.16.